The van der Waals surface area contributed by atoms with Crippen LogP contribution in [0.15, 0.2) is 28.9 Å². The third kappa shape index (κ3) is 3.50. The first kappa shape index (κ1) is 16.3. The molecule has 3 rings (SSSR count). The Bertz CT molecular complexity index is 745. The molecule has 1 atom stereocenters. The highest BCUT2D eigenvalue weighted by molar-refractivity contribution is 5.92. The van der Waals surface area contributed by atoms with Crippen LogP contribution in [-0.2, 0) is 6.18 Å². The molecule has 3 heterocycles. The van der Waals surface area contributed by atoms with E-state index in [1.165, 1.54) is 11.0 Å². The lowest BCUT2D eigenvalue weighted by Gasteiger charge is -2.16. The molecule has 9 heteroatoms. The van der Waals surface area contributed by atoms with E-state index in [2.05, 4.69) is 10.1 Å². The predicted molar refractivity (Wildman–Crippen MR) is 75.4 cm³/mol. The van der Waals surface area contributed by atoms with E-state index >= 15 is 0 Å². The van der Waals surface area contributed by atoms with Crippen LogP contribution in [0.2, 0.25) is 0 Å². The maximum Gasteiger partial charge on any atom is 0.416 e. The number of ether oxygens (including phenoxy) is 1. The van der Waals surface area contributed by atoms with Crippen molar-refractivity contribution >= 4 is 5.91 Å². The highest BCUT2D eigenvalue weighted by atomic mass is 19.4. The van der Waals surface area contributed by atoms with E-state index < -0.39 is 17.8 Å². The number of hydrogen-bond donors (Lipinski definition) is 0. The molecule has 2 aromatic heterocycles. The van der Waals surface area contributed by atoms with Gasteiger partial charge in [0.15, 0.2) is 5.69 Å². The summed E-state index contributed by atoms with van der Waals surface area (Å²) in [6.45, 7) is 2.36. The quantitative estimate of drug-likeness (QED) is 0.859. The summed E-state index contributed by atoms with van der Waals surface area (Å²) >= 11 is 0. The van der Waals surface area contributed by atoms with Crippen molar-refractivity contribution in [2.24, 2.45) is 0 Å². The van der Waals surface area contributed by atoms with Crippen LogP contribution in [0.5, 0.6) is 5.88 Å². The minimum Gasteiger partial charge on any atom is -0.472 e. The summed E-state index contributed by atoms with van der Waals surface area (Å²) in [6, 6.07) is 3.26. The topological polar surface area (TPSA) is 68.5 Å². The Hall–Kier alpha value is -2.58. The van der Waals surface area contributed by atoms with Gasteiger partial charge in [-0.25, -0.2) is 4.98 Å². The molecule has 1 aliphatic rings. The Morgan fingerprint density at radius 3 is 2.88 bits per heavy atom. The average Bonchev–Trinajstić information content (AvgIpc) is 3.15. The highest BCUT2D eigenvalue weighted by Gasteiger charge is 2.33. The number of alkyl halides is 3. The first-order chi connectivity index (χ1) is 11.3. The second-order valence-electron chi connectivity index (χ2n) is 5.48. The van der Waals surface area contributed by atoms with E-state index in [4.69, 9.17) is 9.26 Å². The lowest BCUT2D eigenvalue weighted by atomic mass is 10.2. The molecule has 0 spiro atoms. The molecule has 1 amide bonds. The molecule has 0 aromatic carbocycles. The van der Waals surface area contributed by atoms with E-state index in [0.717, 1.165) is 18.3 Å². The van der Waals surface area contributed by atoms with E-state index in [-0.39, 0.29) is 24.0 Å². The standard InChI is InChI=1S/C15H14F3N3O3/c1-9-6-12(20-24-9)14(22)21-5-3-11(8-21)23-13-7-10(2-4-19-13)15(16,17)18/h2,4,6-7,11H,3,5,8H2,1H3. The fourth-order valence-electron chi connectivity index (χ4n) is 2.46. The van der Waals surface area contributed by atoms with Gasteiger partial charge in [0, 0.05) is 31.3 Å². The molecular weight excluding hydrogens is 327 g/mol. The van der Waals surface area contributed by atoms with E-state index in [0.29, 0.717) is 18.7 Å². The third-order valence-corrected chi connectivity index (χ3v) is 3.63. The van der Waals surface area contributed by atoms with Crippen molar-refractivity contribution in [2.75, 3.05) is 13.1 Å². The second-order valence-corrected chi connectivity index (χ2v) is 5.48. The average molecular weight is 341 g/mol. The zero-order chi connectivity index (χ0) is 17.3. The minimum absolute atomic E-state index is 0.110. The van der Waals surface area contributed by atoms with Gasteiger partial charge in [0.1, 0.15) is 11.9 Å². The lowest BCUT2D eigenvalue weighted by molar-refractivity contribution is -0.137. The fourth-order valence-corrected chi connectivity index (χ4v) is 2.46. The molecule has 0 radical (unpaired) electrons. The van der Waals surface area contributed by atoms with Gasteiger partial charge in [-0.05, 0) is 13.0 Å². The first-order valence-electron chi connectivity index (χ1n) is 7.25. The van der Waals surface area contributed by atoms with Crippen LogP contribution in [0.4, 0.5) is 13.2 Å². The Kier molecular flexibility index (Phi) is 4.16. The molecule has 0 aliphatic carbocycles. The zero-order valence-electron chi connectivity index (χ0n) is 12.7. The SMILES string of the molecule is Cc1cc(C(=O)N2CCC(Oc3cc(C(F)(F)F)ccn3)C2)no1. The summed E-state index contributed by atoms with van der Waals surface area (Å²) in [4.78, 5) is 17.5. The van der Waals surface area contributed by atoms with Gasteiger partial charge in [-0.1, -0.05) is 5.16 Å². The van der Waals surface area contributed by atoms with Crippen LogP contribution in [0.1, 0.15) is 28.2 Å². The number of halogens is 3. The summed E-state index contributed by atoms with van der Waals surface area (Å²) in [5.74, 6) is 0.120. The molecule has 0 saturated carbocycles. The number of rotatable bonds is 3. The number of hydrogen-bond acceptors (Lipinski definition) is 5. The monoisotopic (exact) mass is 341 g/mol. The molecule has 2 aromatic rings. The van der Waals surface area contributed by atoms with Crippen molar-refractivity contribution < 1.29 is 27.2 Å². The summed E-state index contributed by atoms with van der Waals surface area (Å²) in [6.07, 6.45) is -3.32. The summed E-state index contributed by atoms with van der Waals surface area (Å²) in [5, 5.41) is 3.66. The van der Waals surface area contributed by atoms with Crippen LogP contribution >= 0.6 is 0 Å². The van der Waals surface area contributed by atoms with Gasteiger partial charge >= 0.3 is 6.18 Å². The van der Waals surface area contributed by atoms with Crippen LogP contribution in [0.25, 0.3) is 0 Å². The summed E-state index contributed by atoms with van der Waals surface area (Å²) < 4.78 is 48.4. The second kappa shape index (κ2) is 6.14. The summed E-state index contributed by atoms with van der Waals surface area (Å²) in [7, 11) is 0. The van der Waals surface area contributed by atoms with Crippen molar-refractivity contribution in [1.29, 1.82) is 0 Å². The lowest BCUT2D eigenvalue weighted by Crippen LogP contribution is -2.31. The molecule has 1 aliphatic heterocycles. The van der Waals surface area contributed by atoms with E-state index in [1.54, 1.807) is 6.92 Å². The van der Waals surface area contributed by atoms with Gasteiger partial charge < -0.3 is 14.2 Å². The van der Waals surface area contributed by atoms with Gasteiger partial charge in [-0.15, -0.1) is 0 Å². The molecule has 0 bridgehead atoms. The fraction of sp³-hybridized carbons (Fsp3) is 0.400. The molecule has 128 valence electrons. The van der Waals surface area contributed by atoms with Crippen molar-refractivity contribution in [3.8, 4) is 5.88 Å². The number of aromatic nitrogens is 2. The van der Waals surface area contributed by atoms with Gasteiger partial charge in [0.25, 0.3) is 5.91 Å². The third-order valence-electron chi connectivity index (χ3n) is 3.63. The first-order valence-corrected chi connectivity index (χ1v) is 7.25. The molecule has 0 N–H and O–H groups in total. The van der Waals surface area contributed by atoms with Crippen molar-refractivity contribution in [2.45, 2.75) is 25.6 Å². The van der Waals surface area contributed by atoms with E-state index in [9.17, 15) is 18.0 Å². The maximum absolute atomic E-state index is 12.7. The number of amides is 1. The largest absolute Gasteiger partial charge is 0.472 e. The molecule has 6 nitrogen and oxygen atoms in total. The predicted octanol–water partition coefficient (Wildman–Crippen LogP) is 2.69. The Labute approximate surface area is 135 Å². The number of carbonyl (C=O) groups excluding carboxylic acids is 1. The normalized spacial score (nSPS) is 18.0. The van der Waals surface area contributed by atoms with Crippen LogP contribution in [-0.4, -0.2) is 40.1 Å². The number of likely N-dealkylation sites (tertiary alicyclic amines) is 1. The Balaban J connectivity index is 1.63. The smallest absolute Gasteiger partial charge is 0.416 e. The number of aryl methyl sites for hydroxylation is 1. The highest BCUT2D eigenvalue weighted by Crippen LogP contribution is 2.31. The van der Waals surface area contributed by atoms with Crippen molar-refractivity contribution in [1.82, 2.24) is 15.0 Å². The Morgan fingerprint density at radius 1 is 1.42 bits per heavy atom. The van der Waals surface area contributed by atoms with Gasteiger partial charge in [0.2, 0.25) is 5.88 Å². The maximum atomic E-state index is 12.7. The molecule has 1 saturated heterocycles. The van der Waals surface area contributed by atoms with Gasteiger partial charge in [0.05, 0.1) is 12.1 Å². The zero-order valence-corrected chi connectivity index (χ0v) is 12.7. The van der Waals surface area contributed by atoms with Crippen molar-refractivity contribution in [3.05, 3.63) is 41.4 Å². The minimum atomic E-state index is -4.45. The van der Waals surface area contributed by atoms with Crippen LogP contribution < -0.4 is 4.74 Å². The Morgan fingerprint density at radius 2 is 2.21 bits per heavy atom. The number of pyridine rings is 1. The molecule has 24 heavy (non-hydrogen) atoms. The molecule has 1 unspecified atom stereocenters. The number of carbonyl (C=O) groups is 1. The number of nitrogens with zero attached hydrogens (tertiary/aromatic N) is 3. The van der Waals surface area contributed by atoms with Crippen LogP contribution in [0, 0.1) is 6.92 Å². The molecular formula is C15H14F3N3O3. The van der Waals surface area contributed by atoms with Crippen molar-refractivity contribution in [3.63, 3.8) is 0 Å². The van der Waals surface area contributed by atoms with Gasteiger partial charge in [-0.3, -0.25) is 4.79 Å². The van der Waals surface area contributed by atoms with Gasteiger partial charge in [-0.2, -0.15) is 13.2 Å². The van der Waals surface area contributed by atoms with E-state index in [1.807, 2.05) is 0 Å². The van der Waals surface area contributed by atoms with Crippen LogP contribution in [0.3, 0.4) is 0 Å². The summed E-state index contributed by atoms with van der Waals surface area (Å²) in [5.41, 5.74) is -0.623. The molecule has 1 fully saturated rings.